The first-order valence-corrected chi connectivity index (χ1v) is 4.18. The Hall–Kier alpha value is -0.870. The monoisotopic (exact) mass is 168 g/mol. The summed E-state index contributed by atoms with van der Waals surface area (Å²) in [7, 11) is 1.95. The summed E-state index contributed by atoms with van der Waals surface area (Å²) < 4.78 is 0. The number of H-pyrrole nitrogens is 1. The Morgan fingerprint density at radius 1 is 1.67 bits per heavy atom. The van der Waals surface area contributed by atoms with Crippen LogP contribution in [0.15, 0.2) is 12.5 Å². The molecule has 0 radical (unpaired) electrons. The largest absolute Gasteiger partial charge is 0.347 e. The van der Waals surface area contributed by atoms with Gasteiger partial charge in [-0.25, -0.2) is 4.98 Å². The van der Waals surface area contributed by atoms with Gasteiger partial charge in [-0.15, -0.1) is 0 Å². The maximum absolute atomic E-state index is 3.93. The highest BCUT2D eigenvalue weighted by Crippen LogP contribution is 1.90. The van der Waals surface area contributed by atoms with Gasteiger partial charge < -0.3 is 15.6 Å². The maximum atomic E-state index is 3.93. The quantitative estimate of drug-likeness (QED) is 0.585. The summed E-state index contributed by atoms with van der Waals surface area (Å²) in [6.45, 7) is 3.98. The number of nitrogens with one attached hydrogen (secondary N) is 3. The van der Waals surface area contributed by atoms with Gasteiger partial charge in [0.1, 0.15) is 0 Å². The highest BCUT2D eigenvalue weighted by molar-refractivity contribution is 4.93. The number of nitrogens with zero attached hydrogens (tertiary/aromatic N) is 1. The number of rotatable bonds is 5. The van der Waals surface area contributed by atoms with Crippen molar-refractivity contribution in [2.45, 2.75) is 19.5 Å². The average molecular weight is 168 g/mol. The van der Waals surface area contributed by atoms with Crippen molar-refractivity contribution in [1.82, 2.24) is 20.6 Å². The van der Waals surface area contributed by atoms with Gasteiger partial charge >= 0.3 is 0 Å². The van der Waals surface area contributed by atoms with E-state index in [9.17, 15) is 0 Å². The van der Waals surface area contributed by atoms with Crippen LogP contribution in [-0.4, -0.2) is 29.6 Å². The van der Waals surface area contributed by atoms with Crippen molar-refractivity contribution in [3.63, 3.8) is 0 Å². The molecule has 0 amide bonds. The smallest absolute Gasteiger partial charge is 0.0922 e. The molecular weight excluding hydrogens is 152 g/mol. The van der Waals surface area contributed by atoms with Crippen LogP contribution in [0, 0.1) is 0 Å². The van der Waals surface area contributed by atoms with E-state index < -0.39 is 0 Å². The number of imidazole rings is 1. The van der Waals surface area contributed by atoms with E-state index in [4.69, 9.17) is 0 Å². The van der Waals surface area contributed by atoms with E-state index in [0.29, 0.717) is 6.04 Å². The predicted molar refractivity (Wildman–Crippen MR) is 48.8 cm³/mol. The molecule has 1 rings (SSSR count). The molecule has 0 spiro atoms. The van der Waals surface area contributed by atoms with Crippen LogP contribution in [0.5, 0.6) is 0 Å². The molecule has 0 saturated heterocycles. The van der Waals surface area contributed by atoms with Crippen molar-refractivity contribution < 1.29 is 0 Å². The van der Waals surface area contributed by atoms with Crippen LogP contribution in [0.1, 0.15) is 12.6 Å². The molecule has 0 aliphatic rings. The average Bonchev–Trinajstić information content (AvgIpc) is 2.53. The van der Waals surface area contributed by atoms with Gasteiger partial charge in [-0.3, -0.25) is 0 Å². The fourth-order valence-electron chi connectivity index (χ4n) is 1.04. The van der Waals surface area contributed by atoms with E-state index >= 15 is 0 Å². The van der Waals surface area contributed by atoms with Crippen LogP contribution >= 0.6 is 0 Å². The summed E-state index contributed by atoms with van der Waals surface area (Å²) in [5, 5.41) is 6.46. The highest BCUT2D eigenvalue weighted by atomic mass is 15.0. The summed E-state index contributed by atoms with van der Waals surface area (Å²) in [6, 6.07) is 0.485. The Kier molecular flexibility index (Phi) is 3.76. The van der Waals surface area contributed by atoms with Crippen LogP contribution in [0.3, 0.4) is 0 Å². The minimum atomic E-state index is 0.485. The van der Waals surface area contributed by atoms with Crippen molar-refractivity contribution in [2.75, 3.05) is 13.6 Å². The molecule has 0 aliphatic carbocycles. The van der Waals surface area contributed by atoms with Crippen molar-refractivity contribution in [3.05, 3.63) is 18.2 Å². The van der Waals surface area contributed by atoms with Gasteiger partial charge in [0.05, 0.1) is 6.33 Å². The van der Waals surface area contributed by atoms with Crippen LogP contribution in [0.2, 0.25) is 0 Å². The topological polar surface area (TPSA) is 52.7 Å². The van der Waals surface area contributed by atoms with Crippen molar-refractivity contribution in [1.29, 1.82) is 0 Å². The van der Waals surface area contributed by atoms with Crippen LogP contribution in [-0.2, 0) is 6.54 Å². The number of aromatic amines is 1. The third kappa shape index (κ3) is 3.02. The second-order valence-corrected chi connectivity index (χ2v) is 2.92. The highest BCUT2D eigenvalue weighted by Gasteiger charge is 1.99. The number of likely N-dealkylation sites (N-methyl/N-ethyl adjacent to an activating group) is 1. The second-order valence-electron chi connectivity index (χ2n) is 2.92. The van der Waals surface area contributed by atoms with E-state index in [1.54, 1.807) is 6.33 Å². The maximum Gasteiger partial charge on any atom is 0.0922 e. The van der Waals surface area contributed by atoms with E-state index in [1.165, 1.54) is 0 Å². The molecule has 0 aliphatic heterocycles. The molecule has 1 aromatic rings. The summed E-state index contributed by atoms with van der Waals surface area (Å²) in [5.41, 5.74) is 1.12. The van der Waals surface area contributed by atoms with Gasteiger partial charge in [-0.1, -0.05) is 0 Å². The number of aromatic nitrogens is 2. The summed E-state index contributed by atoms with van der Waals surface area (Å²) in [4.78, 5) is 6.98. The Morgan fingerprint density at radius 2 is 2.50 bits per heavy atom. The first kappa shape index (κ1) is 9.22. The lowest BCUT2D eigenvalue weighted by Crippen LogP contribution is -2.34. The molecule has 3 N–H and O–H groups in total. The minimum absolute atomic E-state index is 0.485. The van der Waals surface area contributed by atoms with Gasteiger partial charge in [0, 0.05) is 31.0 Å². The molecule has 4 nitrogen and oxygen atoms in total. The number of hydrogen-bond donors (Lipinski definition) is 3. The molecule has 68 valence electrons. The Bertz CT molecular complexity index is 195. The van der Waals surface area contributed by atoms with Crippen LogP contribution in [0.4, 0.5) is 0 Å². The molecule has 0 aromatic carbocycles. The molecule has 1 heterocycles. The fraction of sp³-hybridized carbons (Fsp3) is 0.625. The normalized spacial score (nSPS) is 13.2. The van der Waals surface area contributed by atoms with Crippen molar-refractivity contribution in [3.8, 4) is 0 Å². The second kappa shape index (κ2) is 4.90. The van der Waals surface area contributed by atoms with Crippen molar-refractivity contribution >= 4 is 0 Å². The molecule has 0 saturated carbocycles. The van der Waals surface area contributed by atoms with Crippen LogP contribution in [0.25, 0.3) is 0 Å². The summed E-state index contributed by atoms with van der Waals surface area (Å²) >= 11 is 0. The first-order valence-electron chi connectivity index (χ1n) is 4.18. The van der Waals surface area contributed by atoms with E-state index in [2.05, 4.69) is 27.5 Å². The number of hydrogen-bond acceptors (Lipinski definition) is 3. The standard InChI is InChI=1S/C8H16N4/c1-7(3-9-2)11-5-8-4-10-6-12-8/h4,6-7,9,11H,3,5H2,1-2H3,(H,10,12). The molecule has 4 heteroatoms. The summed E-state index contributed by atoms with van der Waals surface area (Å²) in [5.74, 6) is 0. The Labute approximate surface area is 72.8 Å². The third-order valence-electron chi connectivity index (χ3n) is 1.71. The van der Waals surface area contributed by atoms with Crippen LogP contribution < -0.4 is 10.6 Å². The Morgan fingerprint density at radius 3 is 3.08 bits per heavy atom. The molecule has 1 unspecified atom stereocenters. The van der Waals surface area contributed by atoms with Gasteiger partial charge in [0.15, 0.2) is 0 Å². The van der Waals surface area contributed by atoms with Gasteiger partial charge in [0.25, 0.3) is 0 Å². The SMILES string of the molecule is CNCC(C)NCc1cnc[nH]1. The zero-order valence-corrected chi connectivity index (χ0v) is 7.59. The van der Waals surface area contributed by atoms with Gasteiger partial charge in [0.2, 0.25) is 0 Å². The van der Waals surface area contributed by atoms with Gasteiger partial charge in [-0.05, 0) is 14.0 Å². The first-order chi connectivity index (χ1) is 5.83. The molecule has 1 atom stereocenters. The predicted octanol–water partition coefficient (Wildman–Crippen LogP) is 0.107. The lowest BCUT2D eigenvalue weighted by Gasteiger charge is -2.11. The molecule has 0 fully saturated rings. The third-order valence-corrected chi connectivity index (χ3v) is 1.71. The lowest BCUT2D eigenvalue weighted by atomic mass is 10.3. The Balaban J connectivity index is 2.17. The van der Waals surface area contributed by atoms with E-state index in [1.807, 2.05) is 13.2 Å². The molecule has 1 aromatic heterocycles. The van der Waals surface area contributed by atoms with Gasteiger partial charge in [-0.2, -0.15) is 0 Å². The lowest BCUT2D eigenvalue weighted by molar-refractivity contribution is 0.519. The zero-order valence-electron chi connectivity index (χ0n) is 7.59. The molecular formula is C8H16N4. The summed E-state index contributed by atoms with van der Waals surface area (Å²) in [6.07, 6.45) is 3.53. The molecule has 0 bridgehead atoms. The molecule has 12 heavy (non-hydrogen) atoms. The minimum Gasteiger partial charge on any atom is -0.347 e. The van der Waals surface area contributed by atoms with E-state index in [-0.39, 0.29) is 0 Å². The fourth-order valence-corrected chi connectivity index (χ4v) is 1.04. The van der Waals surface area contributed by atoms with E-state index in [0.717, 1.165) is 18.8 Å². The zero-order chi connectivity index (χ0) is 8.81. The van der Waals surface area contributed by atoms with Crippen molar-refractivity contribution in [2.24, 2.45) is 0 Å².